The van der Waals surface area contributed by atoms with Crippen molar-refractivity contribution in [2.24, 2.45) is 0 Å². The van der Waals surface area contributed by atoms with Crippen LogP contribution in [0.5, 0.6) is 11.5 Å². The summed E-state index contributed by atoms with van der Waals surface area (Å²) in [5, 5.41) is 0. The zero-order valence-electron chi connectivity index (χ0n) is 13.1. The molecule has 0 saturated carbocycles. The molecule has 24 heavy (non-hydrogen) atoms. The first-order valence-corrected chi connectivity index (χ1v) is 7.03. The SMILES string of the molecule is CC(=O)Oc1cccc(C(=O)C(=O)c2cccc(OC(C)=O)c2)c1. The lowest BCUT2D eigenvalue weighted by Crippen LogP contribution is -2.15. The molecule has 0 amide bonds. The molecule has 122 valence electrons. The minimum absolute atomic E-state index is 0.0941. The molecule has 0 fully saturated rings. The Bertz CT molecular complexity index is 752. The van der Waals surface area contributed by atoms with Crippen molar-refractivity contribution >= 4 is 23.5 Å². The van der Waals surface area contributed by atoms with Gasteiger partial charge in [0.2, 0.25) is 11.6 Å². The van der Waals surface area contributed by atoms with Crippen LogP contribution in [0.1, 0.15) is 34.6 Å². The lowest BCUT2D eigenvalue weighted by Gasteiger charge is -2.06. The van der Waals surface area contributed by atoms with Crippen LogP contribution in [-0.2, 0) is 9.59 Å². The van der Waals surface area contributed by atoms with Crippen molar-refractivity contribution in [2.45, 2.75) is 13.8 Å². The van der Waals surface area contributed by atoms with Gasteiger partial charge in [0.15, 0.2) is 0 Å². The Morgan fingerprint density at radius 3 is 1.38 bits per heavy atom. The van der Waals surface area contributed by atoms with Gasteiger partial charge in [-0.05, 0) is 24.3 Å². The summed E-state index contributed by atoms with van der Waals surface area (Å²) in [5.74, 6) is -2.22. The monoisotopic (exact) mass is 326 g/mol. The van der Waals surface area contributed by atoms with E-state index in [4.69, 9.17) is 9.47 Å². The van der Waals surface area contributed by atoms with Gasteiger partial charge < -0.3 is 9.47 Å². The molecule has 0 atom stereocenters. The minimum Gasteiger partial charge on any atom is -0.427 e. The van der Waals surface area contributed by atoms with E-state index in [9.17, 15) is 19.2 Å². The van der Waals surface area contributed by atoms with Gasteiger partial charge >= 0.3 is 11.9 Å². The fraction of sp³-hybridized carbons (Fsp3) is 0.111. The second-order valence-electron chi connectivity index (χ2n) is 4.90. The molecule has 0 aliphatic rings. The molecule has 6 nitrogen and oxygen atoms in total. The molecule has 0 heterocycles. The Kier molecular flexibility index (Phi) is 5.21. The van der Waals surface area contributed by atoms with Crippen molar-refractivity contribution in [3.05, 3.63) is 59.7 Å². The van der Waals surface area contributed by atoms with E-state index in [1.165, 1.54) is 62.4 Å². The number of hydrogen-bond donors (Lipinski definition) is 0. The molecule has 0 unspecified atom stereocenters. The number of ether oxygens (including phenoxy) is 2. The van der Waals surface area contributed by atoms with Gasteiger partial charge in [-0.1, -0.05) is 24.3 Å². The van der Waals surface area contributed by atoms with Crippen LogP contribution in [0.4, 0.5) is 0 Å². The van der Waals surface area contributed by atoms with Crippen LogP contribution in [0.3, 0.4) is 0 Å². The van der Waals surface area contributed by atoms with Gasteiger partial charge in [0.25, 0.3) is 0 Å². The van der Waals surface area contributed by atoms with Crippen LogP contribution in [0, 0.1) is 0 Å². The van der Waals surface area contributed by atoms with E-state index in [1.54, 1.807) is 0 Å². The van der Waals surface area contributed by atoms with Crippen molar-refractivity contribution in [3.63, 3.8) is 0 Å². The third-order valence-corrected chi connectivity index (χ3v) is 2.92. The largest absolute Gasteiger partial charge is 0.427 e. The van der Waals surface area contributed by atoms with Crippen LogP contribution < -0.4 is 9.47 Å². The highest BCUT2D eigenvalue weighted by Gasteiger charge is 2.19. The molecule has 2 aromatic rings. The number of ketones is 2. The van der Waals surface area contributed by atoms with Gasteiger partial charge in [-0.3, -0.25) is 19.2 Å². The van der Waals surface area contributed by atoms with Crippen molar-refractivity contribution in [2.75, 3.05) is 0 Å². The summed E-state index contributed by atoms with van der Waals surface area (Å²) in [6, 6.07) is 11.6. The average Bonchev–Trinajstić information content (AvgIpc) is 2.52. The van der Waals surface area contributed by atoms with E-state index in [0.717, 1.165) is 0 Å². The third kappa shape index (κ3) is 4.36. The zero-order valence-corrected chi connectivity index (χ0v) is 13.1. The highest BCUT2D eigenvalue weighted by Crippen LogP contribution is 2.18. The van der Waals surface area contributed by atoms with Gasteiger partial charge in [0.05, 0.1) is 0 Å². The number of rotatable bonds is 5. The molecule has 6 heteroatoms. The summed E-state index contributed by atoms with van der Waals surface area (Å²) in [6.45, 7) is 2.47. The van der Waals surface area contributed by atoms with Crippen molar-refractivity contribution in [1.82, 2.24) is 0 Å². The Balaban J connectivity index is 2.25. The Morgan fingerprint density at radius 1 is 0.667 bits per heavy atom. The second kappa shape index (κ2) is 7.32. The maximum absolute atomic E-state index is 12.3. The van der Waals surface area contributed by atoms with E-state index < -0.39 is 23.5 Å². The molecule has 0 saturated heterocycles. The number of benzene rings is 2. The quantitative estimate of drug-likeness (QED) is 0.363. The molecule has 0 N–H and O–H groups in total. The van der Waals surface area contributed by atoms with Crippen molar-refractivity contribution in [1.29, 1.82) is 0 Å². The van der Waals surface area contributed by atoms with E-state index >= 15 is 0 Å². The van der Waals surface area contributed by atoms with Gasteiger partial charge in [-0.15, -0.1) is 0 Å². The second-order valence-corrected chi connectivity index (χ2v) is 4.90. The lowest BCUT2D eigenvalue weighted by molar-refractivity contribution is -0.132. The molecule has 2 aromatic carbocycles. The van der Waals surface area contributed by atoms with Crippen LogP contribution in [0.25, 0.3) is 0 Å². The summed E-state index contributed by atoms with van der Waals surface area (Å²) in [4.78, 5) is 46.6. The molecular weight excluding hydrogens is 312 g/mol. The van der Waals surface area contributed by atoms with E-state index in [0.29, 0.717) is 0 Å². The topological polar surface area (TPSA) is 86.7 Å². The predicted molar refractivity (Wildman–Crippen MR) is 84.2 cm³/mol. The molecular formula is C18H14O6. The molecule has 0 aliphatic carbocycles. The van der Waals surface area contributed by atoms with Crippen LogP contribution in [0.2, 0.25) is 0 Å². The fourth-order valence-corrected chi connectivity index (χ4v) is 2.00. The van der Waals surface area contributed by atoms with Crippen LogP contribution >= 0.6 is 0 Å². The predicted octanol–water partition coefficient (Wildman–Crippen LogP) is 2.60. The minimum atomic E-state index is -0.760. The summed E-state index contributed by atoms with van der Waals surface area (Å²) in [5.41, 5.74) is 0.188. The molecule has 0 aliphatic heterocycles. The first-order chi connectivity index (χ1) is 11.4. The first-order valence-electron chi connectivity index (χ1n) is 7.03. The normalized spacial score (nSPS) is 9.92. The Morgan fingerprint density at radius 2 is 1.04 bits per heavy atom. The fourth-order valence-electron chi connectivity index (χ4n) is 2.00. The standard InChI is InChI=1S/C18H14O6/c1-11(19)23-15-7-3-5-13(9-15)17(21)18(22)14-6-4-8-16(10-14)24-12(2)20/h3-10H,1-2H3. The van der Waals surface area contributed by atoms with Gasteiger partial charge in [0, 0.05) is 25.0 Å². The molecule has 0 aromatic heterocycles. The number of carbonyl (C=O) groups is 4. The smallest absolute Gasteiger partial charge is 0.308 e. The average molecular weight is 326 g/mol. The number of Topliss-reactive ketones (excluding diaryl/α,β-unsaturated/α-hetero) is 2. The highest BCUT2D eigenvalue weighted by atomic mass is 16.5. The van der Waals surface area contributed by atoms with E-state index in [1.807, 2.05) is 0 Å². The summed E-state index contributed by atoms with van der Waals surface area (Å²) in [7, 11) is 0. The summed E-state index contributed by atoms with van der Waals surface area (Å²) < 4.78 is 9.79. The van der Waals surface area contributed by atoms with Crippen molar-refractivity contribution < 1.29 is 28.7 Å². The first kappa shape index (κ1) is 17.1. The number of carbonyl (C=O) groups excluding carboxylic acids is 4. The summed E-state index contributed by atoms with van der Waals surface area (Å²) in [6.07, 6.45) is 0. The van der Waals surface area contributed by atoms with Crippen LogP contribution in [0.15, 0.2) is 48.5 Å². The van der Waals surface area contributed by atoms with Crippen molar-refractivity contribution in [3.8, 4) is 11.5 Å². The maximum Gasteiger partial charge on any atom is 0.308 e. The molecule has 2 rings (SSSR count). The van der Waals surface area contributed by atoms with Gasteiger partial charge in [-0.25, -0.2) is 0 Å². The third-order valence-electron chi connectivity index (χ3n) is 2.92. The van der Waals surface area contributed by atoms with E-state index in [-0.39, 0.29) is 22.6 Å². The number of esters is 2. The molecule has 0 radical (unpaired) electrons. The van der Waals surface area contributed by atoms with Gasteiger partial charge in [-0.2, -0.15) is 0 Å². The molecule has 0 spiro atoms. The summed E-state index contributed by atoms with van der Waals surface area (Å²) >= 11 is 0. The van der Waals surface area contributed by atoms with Crippen LogP contribution in [-0.4, -0.2) is 23.5 Å². The maximum atomic E-state index is 12.3. The Hall–Kier alpha value is -3.28. The highest BCUT2D eigenvalue weighted by molar-refractivity contribution is 6.49. The number of hydrogen-bond acceptors (Lipinski definition) is 6. The van der Waals surface area contributed by atoms with E-state index in [2.05, 4.69) is 0 Å². The Labute approximate surface area is 138 Å². The zero-order chi connectivity index (χ0) is 17.7. The lowest BCUT2D eigenvalue weighted by atomic mass is 10.0. The molecule has 0 bridgehead atoms. The van der Waals surface area contributed by atoms with Gasteiger partial charge in [0.1, 0.15) is 11.5 Å².